The Bertz CT molecular complexity index is 496. The lowest BCUT2D eigenvalue weighted by Gasteiger charge is -2.03. The van der Waals surface area contributed by atoms with Crippen LogP contribution in [0.25, 0.3) is 0 Å². The summed E-state index contributed by atoms with van der Waals surface area (Å²) in [5.41, 5.74) is 0. The lowest BCUT2D eigenvalue weighted by atomic mass is 10.0. The molecule has 1 aromatic rings. The monoisotopic (exact) mass is 429 g/mol. The van der Waals surface area contributed by atoms with Gasteiger partial charge in [0.15, 0.2) is 0 Å². The van der Waals surface area contributed by atoms with Crippen LogP contribution in [0.3, 0.4) is 0 Å². The predicted octanol–water partition coefficient (Wildman–Crippen LogP) is 7.15. The van der Waals surface area contributed by atoms with Crippen LogP contribution in [0.1, 0.15) is 110 Å². The molecular weight excluding hydrogens is 386 g/mol. The summed E-state index contributed by atoms with van der Waals surface area (Å²) >= 11 is 0. The SMILES string of the molecule is CCCCCCCCCCCCCCCCCCOS(=O)(=O)O.c1ccncc1. The number of rotatable bonds is 18. The molecule has 1 N–H and O–H groups in total. The van der Waals surface area contributed by atoms with Crippen molar-refractivity contribution in [3.8, 4) is 0 Å². The Labute approximate surface area is 179 Å². The molecule has 29 heavy (non-hydrogen) atoms. The van der Waals surface area contributed by atoms with Crippen LogP contribution >= 0.6 is 0 Å². The van der Waals surface area contributed by atoms with Crippen LogP contribution in [-0.2, 0) is 14.6 Å². The summed E-state index contributed by atoms with van der Waals surface area (Å²) < 4.78 is 33.3. The summed E-state index contributed by atoms with van der Waals surface area (Å²) in [5.74, 6) is 0. The van der Waals surface area contributed by atoms with Gasteiger partial charge < -0.3 is 0 Å². The highest BCUT2D eigenvalue weighted by Gasteiger charge is 2.02. The fourth-order valence-corrected chi connectivity index (χ4v) is 3.46. The van der Waals surface area contributed by atoms with Crippen LogP contribution < -0.4 is 0 Å². The molecule has 1 rings (SSSR count). The van der Waals surface area contributed by atoms with Crippen molar-refractivity contribution in [2.45, 2.75) is 110 Å². The normalized spacial score (nSPS) is 11.1. The molecule has 1 heterocycles. The molecule has 0 aliphatic rings. The van der Waals surface area contributed by atoms with E-state index < -0.39 is 10.4 Å². The largest absolute Gasteiger partial charge is 0.397 e. The molecule has 1 aromatic heterocycles. The second kappa shape index (κ2) is 21.7. The van der Waals surface area contributed by atoms with Crippen LogP contribution in [0.15, 0.2) is 30.6 Å². The zero-order valence-electron chi connectivity index (χ0n) is 18.4. The van der Waals surface area contributed by atoms with E-state index in [4.69, 9.17) is 4.55 Å². The first-order valence-corrected chi connectivity index (χ1v) is 12.9. The summed E-state index contributed by atoms with van der Waals surface area (Å²) in [5, 5.41) is 0. The first kappa shape index (κ1) is 28.0. The topological polar surface area (TPSA) is 76.5 Å². The van der Waals surface area contributed by atoms with Crippen LogP contribution in [0, 0.1) is 0 Å². The van der Waals surface area contributed by atoms with E-state index in [1.807, 2.05) is 18.2 Å². The zero-order valence-corrected chi connectivity index (χ0v) is 19.3. The van der Waals surface area contributed by atoms with Crippen LogP contribution in [0.5, 0.6) is 0 Å². The average molecular weight is 430 g/mol. The van der Waals surface area contributed by atoms with Crippen molar-refractivity contribution < 1.29 is 17.2 Å². The Morgan fingerprint density at radius 2 is 1.03 bits per heavy atom. The standard InChI is InChI=1S/C18H38O4S.C5H5N/c1-2-3-4-5-6-7-8-9-10-11-12-13-14-15-16-17-18-22-23(19,20)21;1-2-4-6-5-3-1/h2-18H2,1H3,(H,19,20,21);1-5H. The van der Waals surface area contributed by atoms with E-state index in [-0.39, 0.29) is 6.61 Å². The molecule has 0 radical (unpaired) electrons. The van der Waals surface area contributed by atoms with Crippen molar-refractivity contribution in [1.29, 1.82) is 0 Å². The molecule has 5 nitrogen and oxygen atoms in total. The minimum atomic E-state index is -4.24. The molecule has 0 spiro atoms. The van der Waals surface area contributed by atoms with Crippen molar-refractivity contribution >= 4 is 10.4 Å². The third-order valence-corrected chi connectivity index (χ3v) is 5.26. The number of unbranched alkanes of at least 4 members (excludes halogenated alkanes) is 15. The average Bonchev–Trinajstić information content (AvgIpc) is 2.71. The number of hydrogen-bond donors (Lipinski definition) is 1. The molecule has 0 saturated carbocycles. The van der Waals surface area contributed by atoms with Gasteiger partial charge in [0.05, 0.1) is 6.61 Å². The van der Waals surface area contributed by atoms with Gasteiger partial charge in [-0.25, -0.2) is 4.18 Å². The van der Waals surface area contributed by atoms with Crippen molar-refractivity contribution in [1.82, 2.24) is 4.98 Å². The minimum Gasteiger partial charge on any atom is -0.265 e. The van der Waals surface area contributed by atoms with Gasteiger partial charge in [0, 0.05) is 12.4 Å². The van der Waals surface area contributed by atoms with Gasteiger partial charge in [-0.2, -0.15) is 8.42 Å². The van der Waals surface area contributed by atoms with E-state index in [1.54, 1.807) is 12.4 Å². The fourth-order valence-electron chi connectivity index (χ4n) is 3.13. The molecule has 0 aliphatic heterocycles. The van der Waals surface area contributed by atoms with E-state index in [0.29, 0.717) is 6.42 Å². The summed E-state index contributed by atoms with van der Waals surface area (Å²) in [4.78, 5) is 3.78. The maximum absolute atomic E-state index is 10.3. The van der Waals surface area contributed by atoms with Gasteiger partial charge in [-0.15, -0.1) is 0 Å². The van der Waals surface area contributed by atoms with Gasteiger partial charge in [-0.05, 0) is 18.6 Å². The van der Waals surface area contributed by atoms with Crippen molar-refractivity contribution in [3.63, 3.8) is 0 Å². The highest BCUT2D eigenvalue weighted by molar-refractivity contribution is 7.80. The maximum Gasteiger partial charge on any atom is 0.397 e. The van der Waals surface area contributed by atoms with Crippen molar-refractivity contribution in [2.24, 2.45) is 0 Å². The quantitative estimate of drug-likeness (QED) is 0.198. The maximum atomic E-state index is 10.3. The third-order valence-electron chi connectivity index (χ3n) is 4.80. The molecule has 0 saturated heterocycles. The fraction of sp³-hybridized carbons (Fsp3) is 0.783. The van der Waals surface area contributed by atoms with Crippen molar-refractivity contribution in [2.75, 3.05) is 6.61 Å². The second-order valence-corrected chi connectivity index (χ2v) is 8.67. The van der Waals surface area contributed by atoms with Gasteiger partial charge in [-0.1, -0.05) is 109 Å². The molecule has 0 atom stereocenters. The van der Waals surface area contributed by atoms with E-state index in [1.165, 1.54) is 83.5 Å². The van der Waals surface area contributed by atoms with E-state index in [9.17, 15) is 8.42 Å². The molecule has 0 aromatic carbocycles. The second-order valence-electron chi connectivity index (χ2n) is 7.58. The third kappa shape index (κ3) is 27.0. The van der Waals surface area contributed by atoms with E-state index in [0.717, 1.165) is 12.8 Å². The van der Waals surface area contributed by atoms with Gasteiger partial charge in [-0.3, -0.25) is 9.54 Å². The number of hydrogen-bond acceptors (Lipinski definition) is 4. The lowest BCUT2D eigenvalue weighted by molar-refractivity contribution is 0.261. The molecular formula is C23H43NO4S. The summed E-state index contributed by atoms with van der Waals surface area (Å²) in [6.45, 7) is 2.36. The lowest BCUT2D eigenvalue weighted by Crippen LogP contribution is -2.04. The Morgan fingerprint density at radius 3 is 1.31 bits per heavy atom. The smallest absolute Gasteiger partial charge is 0.265 e. The van der Waals surface area contributed by atoms with Crippen LogP contribution in [-0.4, -0.2) is 24.6 Å². The first-order valence-electron chi connectivity index (χ1n) is 11.5. The molecule has 0 fully saturated rings. The molecule has 6 heteroatoms. The van der Waals surface area contributed by atoms with Crippen LogP contribution in [0.2, 0.25) is 0 Å². The summed E-state index contributed by atoms with van der Waals surface area (Å²) in [6, 6.07) is 5.72. The van der Waals surface area contributed by atoms with Crippen LogP contribution in [0.4, 0.5) is 0 Å². The Hall–Kier alpha value is -0.980. The van der Waals surface area contributed by atoms with Crippen molar-refractivity contribution in [3.05, 3.63) is 30.6 Å². The molecule has 0 aliphatic carbocycles. The molecule has 0 unspecified atom stereocenters. The number of nitrogens with zero attached hydrogens (tertiary/aromatic N) is 1. The van der Waals surface area contributed by atoms with E-state index >= 15 is 0 Å². The molecule has 170 valence electrons. The summed E-state index contributed by atoms with van der Waals surface area (Å²) in [7, 11) is -4.24. The number of pyridine rings is 1. The highest BCUT2D eigenvalue weighted by Crippen LogP contribution is 2.13. The summed E-state index contributed by atoms with van der Waals surface area (Å²) in [6.07, 6.45) is 24.0. The van der Waals surface area contributed by atoms with Gasteiger partial charge >= 0.3 is 10.4 Å². The number of aromatic nitrogens is 1. The Kier molecular flexibility index (Phi) is 21.0. The van der Waals surface area contributed by atoms with Gasteiger partial charge in [0.25, 0.3) is 0 Å². The molecule has 0 bridgehead atoms. The van der Waals surface area contributed by atoms with Gasteiger partial charge in [0.2, 0.25) is 0 Å². The molecule has 0 amide bonds. The predicted molar refractivity (Wildman–Crippen MR) is 121 cm³/mol. The first-order chi connectivity index (χ1) is 14.1. The highest BCUT2D eigenvalue weighted by atomic mass is 32.3. The minimum absolute atomic E-state index is 0.0945. The Balaban J connectivity index is 0.00000110. The van der Waals surface area contributed by atoms with Gasteiger partial charge in [0.1, 0.15) is 0 Å². The zero-order chi connectivity index (χ0) is 21.5. The van der Waals surface area contributed by atoms with E-state index in [2.05, 4.69) is 16.1 Å². The Morgan fingerprint density at radius 1 is 0.655 bits per heavy atom.